The van der Waals surface area contributed by atoms with Crippen LogP contribution in [0.4, 0.5) is 0 Å². The van der Waals surface area contributed by atoms with Crippen molar-refractivity contribution in [3.63, 3.8) is 0 Å². The third-order valence-electron chi connectivity index (χ3n) is 2.91. The van der Waals surface area contributed by atoms with Gasteiger partial charge in [-0.05, 0) is 61.9 Å². The van der Waals surface area contributed by atoms with E-state index in [4.69, 9.17) is 0 Å². The number of hydrogen-bond acceptors (Lipinski definition) is 2. The molecule has 1 aliphatic heterocycles. The predicted molar refractivity (Wildman–Crippen MR) is 70.6 cm³/mol. The molecular formula is C12H16BrNS. The van der Waals surface area contributed by atoms with Gasteiger partial charge in [-0.2, -0.15) is 0 Å². The lowest BCUT2D eigenvalue weighted by atomic mass is 9.99. The van der Waals surface area contributed by atoms with Gasteiger partial charge in [0, 0.05) is 9.37 Å². The third kappa shape index (κ3) is 2.99. The van der Waals surface area contributed by atoms with Crippen molar-refractivity contribution < 1.29 is 0 Å². The second-order valence-electron chi connectivity index (χ2n) is 4.02. The maximum Gasteiger partial charge on any atom is 0.0178 e. The summed E-state index contributed by atoms with van der Waals surface area (Å²) in [6, 6.07) is 6.61. The zero-order chi connectivity index (χ0) is 10.7. The summed E-state index contributed by atoms with van der Waals surface area (Å²) in [6.07, 6.45) is 4.68. The lowest BCUT2D eigenvalue weighted by Crippen LogP contribution is -2.11. The molecule has 1 unspecified atom stereocenters. The van der Waals surface area contributed by atoms with Gasteiger partial charge in [0.15, 0.2) is 0 Å². The van der Waals surface area contributed by atoms with Crippen LogP contribution in [0.15, 0.2) is 27.6 Å². The number of nitrogens with one attached hydrogen (secondary N) is 1. The molecule has 82 valence electrons. The van der Waals surface area contributed by atoms with Gasteiger partial charge in [0.25, 0.3) is 0 Å². The first-order chi connectivity index (χ1) is 7.29. The lowest BCUT2D eigenvalue weighted by molar-refractivity contribution is 0.575. The van der Waals surface area contributed by atoms with E-state index in [-0.39, 0.29) is 0 Å². The summed E-state index contributed by atoms with van der Waals surface area (Å²) in [5.41, 5.74) is 1.49. The number of benzene rings is 1. The predicted octanol–water partition coefficient (Wildman–Crippen LogP) is 3.32. The first kappa shape index (κ1) is 11.5. The molecule has 1 saturated heterocycles. The van der Waals surface area contributed by atoms with Crippen LogP contribution in [0.3, 0.4) is 0 Å². The summed E-state index contributed by atoms with van der Waals surface area (Å²) in [7, 11) is 0. The fourth-order valence-electron chi connectivity index (χ4n) is 2.11. The second kappa shape index (κ2) is 5.37. The van der Waals surface area contributed by atoms with Crippen LogP contribution in [0.2, 0.25) is 0 Å². The van der Waals surface area contributed by atoms with Crippen LogP contribution in [0.5, 0.6) is 0 Å². The highest BCUT2D eigenvalue weighted by atomic mass is 79.9. The minimum atomic E-state index is 0.824. The summed E-state index contributed by atoms with van der Waals surface area (Å²) in [4.78, 5) is 1.42. The topological polar surface area (TPSA) is 12.0 Å². The van der Waals surface area contributed by atoms with Crippen molar-refractivity contribution in [1.82, 2.24) is 5.32 Å². The summed E-state index contributed by atoms with van der Waals surface area (Å²) in [5, 5.41) is 3.43. The highest BCUT2D eigenvalue weighted by molar-refractivity contribution is 9.10. The lowest BCUT2D eigenvalue weighted by Gasteiger charge is -2.12. The van der Waals surface area contributed by atoms with Gasteiger partial charge < -0.3 is 5.32 Å². The molecular weight excluding hydrogens is 270 g/mol. The summed E-state index contributed by atoms with van der Waals surface area (Å²) < 4.78 is 1.20. The molecule has 1 aliphatic rings. The average Bonchev–Trinajstić information content (AvgIpc) is 2.71. The van der Waals surface area contributed by atoms with Gasteiger partial charge in [-0.25, -0.2) is 0 Å². The van der Waals surface area contributed by atoms with Crippen molar-refractivity contribution >= 4 is 27.7 Å². The third-order valence-corrected chi connectivity index (χ3v) is 4.24. The van der Waals surface area contributed by atoms with Crippen LogP contribution in [0, 0.1) is 5.92 Å². The molecule has 0 saturated carbocycles. The Kier molecular flexibility index (Phi) is 4.12. The van der Waals surface area contributed by atoms with Gasteiger partial charge >= 0.3 is 0 Å². The zero-order valence-corrected chi connectivity index (χ0v) is 11.3. The van der Waals surface area contributed by atoms with Crippen molar-refractivity contribution in [3.05, 3.63) is 28.2 Å². The molecule has 2 rings (SSSR count). The fourth-order valence-corrected chi connectivity index (χ4v) is 3.12. The van der Waals surface area contributed by atoms with E-state index in [2.05, 4.69) is 45.7 Å². The molecule has 0 aromatic heterocycles. The molecule has 1 fully saturated rings. The molecule has 0 spiro atoms. The molecule has 0 amide bonds. The van der Waals surface area contributed by atoms with Gasteiger partial charge in [0.05, 0.1) is 0 Å². The van der Waals surface area contributed by atoms with Gasteiger partial charge in [-0.1, -0.05) is 15.9 Å². The Morgan fingerprint density at radius 2 is 2.40 bits per heavy atom. The molecule has 3 heteroatoms. The Bertz CT molecular complexity index is 334. The van der Waals surface area contributed by atoms with Crippen molar-refractivity contribution in [1.29, 1.82) is 0 Å². The smallest absolute Gasteiger partial charge is 0.0178 e. The first-order valence-corrected chi connectivity index (χ1v) is 7.34. The van der Waals surface area contributed by atoms with E-state index in [0.29, 0.717) is 0 Å². The molecule has 15 heavy (non-hydrogen) atoms. The Labute approximate surface area is 104 Å². The van der Waals surface area contributed by atoms with E-state index in [1.165, 1.54) is 40.9 Å². The largest absolute Gasteiger partial charge is 0.316 e. The molecule has 1 heterocycles. The molecule has 1 aromatic carbocycles. The van der Waals surface area contributed by atoms with Crippen molar-refractivity contribution in [3.8, 4) is 0 Å². The summed E-state index contributed by atoms with van der Waals surface area (Å²) in [6.45, 7) is 2.37. The molecule has 1 N–H and O–H groups in total. The van der Waals surface area contributed by atoms with E-state index < -0.39 is 0 Å². The van der Waals surface area contributed by atoms with E-state index in [9.17, 15) is 0 Å². The minimum absolute atomic E-state index is 0.824. The Morgan fingerprint density at radius 1 is 1.53 bits per heavy atom. The molecule has 1 atom stereocenters. The second-order valence-corrected chi connectivity index (χ2v) is 5.78. The van der Waals surface area contributed by atoms with Crippen LogP contribution in [0.1, 0.15) is 12.0 Å². The monoisotopic (exact) mass is 285 g/mol. The Hall–Kier alpha value is 0.01000. The van der Waals surface area contributed by atoms with Crippen LogP contribution >= 0.6 is 27.7 Å². The molecule has 1 aromatic rings. The van der Waals surface area contributed by atoms with Gasteiger partial charge in [0.1, 0.15) is 0 Å². The summed E-state index contributed by atoms with van der Waals surface area (Å²) >= 11 is 5.40. The van der Waals surface area contributed by atoms with Crippen LogP contribution < -0.4 is 5.32 Å². The highest BCUT2D eigenvalue weighted by Gasteiger charge is 2.16. The van der Waals surface area contributed by atoms with Gasteiger partial charge in [0.2, 0.25) is 0 Å². The van der Waals surface area contributed by atoms with Crippen LogP contribution in [-0.4, -0.2) is 19.3 Å². The van der Waals surface area contributed by atoms with E-state index in [1.54, 1.807) is 0 Å². The van der Waals surface area contributed by atoms with Crippen LogP contribution in [-0.2, 0) is 6.42 Å². The van der Waals surface area contributed by atoms with Gasteiger partial charge in [-0.15, -0.1) is 11.8 Å². The molecule has 0 radical (unpaired) electrons. The quantitative estimate of drug-likeness (QED) is 0.855. The van der Waals surface area contributed by atoms with Crippen molar-refractivity contribution in [2.45, 2.75) is 17.7 Å². The Balaban J connectivity index is 2.14. The number of halogens is 1. The SMILES string of the molecule is CSc1ccc(Br)cc1CC1CCNC1. The standard InChI is InChI=1S/C12H16BrNS/c1-15-12-3-2-11(13)7-10(12)6-9-4-5-14-8-9/h2-3,7,9,14H,4-6,8H2,1H3. The Morgan fingerprint density at radius 3 is 3.07 bits per heavy atom. The molecule has 1 nitrogen and oxygen atoms in total. The number of rotatable bonds is 3. The maximum atomic E-state index is 3.55. The van der Waals surface area contributed by atoms with Crippen molar-refractivity contribution in [2.75, 3.05) is 19.3 Å². The molecule has 0 bridgehead atoms. The van der Waals surface area contributed by atoms with Crippen molar-refractivity contribution in [2.24, 2.45) is 5.92 Å². The normalized spacial score (nSPS) is 20.8. The highest BCUT2D eigenvalue weighted by Crippen LogP contribution is 2.27. The van der Waals surface area contributed by atoms with E-state index in [1.807, 2.05) is 11.8 Å². The molecule has 0 aliphatic carbocycles. The van der Waals surface area contributed by atoms with E-state index in [0.717, 1.165) is 5.92 Å². The minimum Gasteiger partial charge on any atom is -0.316 e. The summed E-state index contributed by atoms with van der Waals surface area (Å²) in [5.74, 6) is 0.824. The average molecular weight is 286 g/mol. The van der Waals surface area contributed by atoms with E-state index >= 15 is 0 Å². The van der Waals surface area contributed by atoms with Gasteiger partial charge in [-0.3, -0.25) is 0 Å². The zero-order valence-electron chi connectivity index (χ0n) is 8.92. The number of hydrogen-bond donors (Lipinski definition) is 1. The van der Waals surface area contributed by atoms with Crippen LogP contribution in [0.25, 0.3) is 0 Å². The first-order valence-electron chi connectivity index (χ1n) is 5.32. The maximum absolute atomic E-state index is 3.55. The fraction of sp³-hybridized carbons (Fsp3) is 0.500. The number of thioether (sulfide) groups is 1.